The third-order valence-corrected chi connectivity index (χ3v) is 3.06. The van der Waals surface area contributed by atoms with E-state index in [4.69, 9.17) is 14.2 Å². The number of hydrogen-bond acceptors (Lipinski definition) is 7. The lowest BCUT2D eigenvalue weighted by molar-refractivity contribution is 0.0503. The smallest absolute Gasteiger partial charge is 0.435 e. The minimum Gasteiger partial charge on any atom is -0.461 e. The van der Waals surface area contributed by atoms with E-state index in [0.29, 0.717) is 4.68 Å². The number of hydrogen-bond donors (Lipinski definition) is 0. The Morgan fingerprint density at radius 1 is 0.960 bits per heavy atom. The van der Waals surface area contributed by atoms with E-state index in [9.17, 15) is 14.4 Å². The first-order chi connectivity index (χ1) is 12.1. The predicted octanol–water partition coefficient (Wildman–Crippen LogP) is 2.42. The van der Waals surface area contributed by atoms with Gasteiger partial charge in [-0.3, -0.25) is 0 Å². The van der Waals surface area contributed by atoms with Crippen LogP contribution in [0.15, 0.2) is 36.4 Å². The van der Waals surface area contributed by atoms with Crippen LogP contribution in [0.3, 0.4) is 0 Å². The SMILES string of the molecule is CCOC(=O)c1cc(C(=O)OCC)n(C(=O)OCc2ccccc2)n1. The summed E-state index contributed by atoms with van der Waals surface area (Å²) in [5.41, 5.74) is 0.385. The van der Waals surface area contributed by atoms with Gasteiger partial charge in [-0.1, -0.05) is 30.3 Å². The van der Waals surface area contributed by atoms with Crippen LogP contribution >= 0.6 is 0 Å². The second-order valence-electron chi connectivity index (χ2n) is 4.81. The fourth-order valence-electron chi connectivity index (χ4n) is 1.96. The van der Waals surface area contributed by atoms with Gasteiger partial charge in [-0.05, 0) is 19.4 Å². The quantitative estimate of drug-likeness (QED) is 0.585. The van der Waals surface area contributed by atoms with E-state index >= 15 is 0 Å². The fourth-order valence-corrected chi connectivity index (χ4v) is 1.96. The lowest BCUT2D eigenvalue weighted by Gasteiger charge is -2.07. The van der Waals surface area contributed by atoms with Crippen LogP contribution in [0.1, 0.15) is 40.4 Å². The summed E-state index contributed by atoms with van der Waals surface area (Å²) in [7, 11) is 0. The molecule has 0 N–H and O–H groups in total. The summed E-state index contributed by atoms with van der Waals surface area (Å²) in [5.74, 6) is -1.54. The molecule has 8 nitrogen and oxygen atoms in total. The lowest BCUT2D eigenvalue weighted by Crippen LogP contribution is -2.21. The van der Waals surface area contributed by atoms with Crippen molar-refractivity contribution in [2.75, 3.05) is 13.2 Å². The van der Waals surface area contributed by atoms with Gasteiger partial charge in [-0.15, -0.1) is 0 Å². The second-order valence-corrected chi connectivity index (χ2v) is 4.81. The first-order valence-corrected chi connectivity index (χ1v) is 7.72. The number of esters is 2. The van der Waals surface area contributed by atoms with Gasteiger partial charge in [0, 0.05) is 6.07 Å². The largest absolute Gasteiger partial charge is 0.461 e. The van der Waals surface area contributed by atoms with Crippen molar-refractivity contribution in [1.82, 2.24) is 9.78 Å². The molecule has 8 heteroatoms. The third kappa shape index (κ3) is 4.66. The highest BCUT2D eigenvalue weighted by Crippen LogP contribution is 2.10. The van der Waals surface area contributed by atoms with E-state index in [2.05, 4.69) is 5.10 Å². The van der Waals surface area contributed by atoms with Crippen LogP contribution in [0.2, 0.25) is 0 Å². The van der Waals surface area contributed by atoms with Gasteiger partial charge in [0.15, 0.2) is 11.4 Å². The summed E-state index contributed by atoms with van der Waals surface area (Å²) in [6, 6.07) is 10.2. The zero-order chi connectivity index (χ0) is 18.2. The summed E-state index contributed by atoms with van der Waals surface area (Å²) >= 11 is 0. The number of benzene rings is 1. The molecule has 1 aromatic carbocycles. The van der Waals surface area contributed by atoms with Crippen LogP contribution in [0.4, 0.5) is 4.79 Å². The molecule has 2 aromatic rings. The minimum absolute atomic E-state index is 0.00343. The topological polar surface area (TPSA) is 96.7 Å². The molecule has 0 atom stereocenters. The second kappa shape index (κ2) is 8.62. The van der Waals surface area contributed by atoms with Crippen molar-refractivity contribution in [1.29, 1.82) is 0 Å². The van der Waals surface area contributed by atoms with Crippen molar-refractivity contribution in [3.05, 3.63) is 53.3 Å². The van der Waals surface area contributed by atoms with Gasteiger partial charge in [-0.25, -0.2) is 14.4 Å². The average molecular weight is 346 g/mol. The maximum absolute atomic E-state index is 12.3. The molecular weight excluding hydrogens is 328 g/mol. The number of nitrogens with zero attached hydrogens (tertiary/aromatic N) is 2. The highest BCUT2D eigenvalue weighted by molar-refractivity contribution is 5.96. The number of ether oxygens (including phenoxy) is 3. The summed E-state index contributed by atoms with van der Waals surface area (Å²) in [4.78, 5) is 36.0. The van der Waals surface area contributed by atoms with Gasteiger partial charge >= 0.3 is 18.0 Å². The molecule has 0 unspecified atom stereocenters. The molecule has 0 radical (unpaired) electrons. The van der Waals surface area contributed by atoms with Crippen LogP contribution in [-0.4, -0.2) is 41.0 Å². The number of rotatable bonds is 6. The van der Waals surface area contributed by atoms with E-state index in [0.717, 1.165) is 11.6 Å². The Labute approximate surface area is 144 Å². The Hall–Kier alpha value is -3.16. The molecule has 0 saturated heterocycles. The van der Waals surface area contributed by atoms with Crippen LogP contribution < -0.4 is 0 Å². The summed E-state index contributed by atoms with van der Waals surface area (Å²) in [6.45, 7) is 3.50. The summed E-state index contributed by atoms with van der Waals surface area (Å²) < 4.78 is 15.5. The van der Waals surface area contributed by atoms with Crippen molar-refractivity contribution in [2.45, 2.75) is 20.5 Å². The molecule has 0 aliphatic carbocycles. The monoisotopic (exact) mass is 346 g/mol. The molecule has 2 rings (SSSR count). The highest BCUT2D eigenvalue weighted by atomic mass is 16.6. The molecule has 1 aromatic heterocycles. The number of aromatic nitrogens is 2. The molecule has 0 fully saturated rings. The van der Waals surface area contributed by atoms with Crippen molar-refractivity contribution in [2.24, 2.45) is 0 Å². The standard InChI is InChI=1S/C17H18N2O6/c1-3-23-15(20)13-10-14(16(21)24-4-2)19(18-13)17(22)25-11-12-8-6-5-7-9-12/h5-10H,3-4,11H2,1-2H3. The molecule has 0 bridgehead atoms. The van der Waals surface area contributed by atoms with Gasteiger partial charge in [0.1, 0.15) is 6.61 Å². The Kier molecular flexibility index (Phi) is 6.27. The fraction of sp³-hybridized carbons (Fsp3) is 0.294. The van der Waals surface area contributed by atoms with Crippen LogP contribution in [-0.2, 0) is 20.8 Å². The molecule has 0 spiro atoms. The van der Waals surface area contributed by atoms with E-state index in [1.54, 1.807) is 38.1 Å². The van der Waals surface area contributed by atoms with Crippen LogP contribution in [0.25, 0.3) is 0 Å². The normalized spacial score (nSPS) is 10.2. The van der Waals surface area contributed by atoms with Crippen LogP contribution in [0.5, 0.6) is 0 Å². The molecule has 0 aliphatic heterocycles. The van der Waals surface area contributed by atoms with Gasteiger partial charge in [-0.2, -0.15) is 9.78 Å². The minimum atomic E-state index is -0.901. The van der Waals surface area contributed by atoms with E-state index in [1.807, 2.05) is 6.07 Å². The molecule has 0 amide bonds. The van der Waals surface area contributed by atoms with Crippen molar-refractivity contribution in [3.63, 3.8) is 0 Å². The maximum Gasteiger partial charge on any atom is 0.435 e. The zero-order valence-corrected chi connectivity index (χ0v) is 13.9. The van der Waals surface area contributed by atoms with Crippen molar-refractivity contribution < 1.29 is 28.6 Å². The highest BCUT2D eigenvalue weighted by Gasteiger charge is 2.25. The number of carbonyl (C=O) groups is 3. The molecule has 0 saturated carbocycles. The molecular formula is C17H18N2O6. The van der Waals surface area contributed by atoms with E-state index in [-0.39, 0.29) is 31.2 Å². The molecule has 25 heavy (non-hydrogen) atoms. The predicted molar refractivity (Wildman–Crippen MR) is 86.2 cm³/mol. The van der Waals surface area contributed by atoms with E-state index in [1.165, 1.54) is 0 Å². The summed E-state index contributed by atoms with van der Waals surface area (Å²) in [5, 5.41) is 3.81. The molecule has 0 aliphatic rings. The molecule has 1 heterocycles. The van der Waals surface area contributed by atoms with Crippen molar-refractivity contribution in [3.8, 4) is 0 Å². The average Bonchev–Trinajstić information content (AvgIpc) is 3.07. The first-order valence-electron chi connectivity index (χ1n) is 7.72. The van der Waals surface area contributed by atoms with Gasteiger partial charge in [0.05, 0.1) is 13.2 Å². The third-order valence-electron chi connectivity index (χ3n) is 3.06. The van der Waals surface area contributed by atoms with Crippen LogP contribution in [0, 0.1) is 0 Å². The Morgan fingerprint density at radius 3 is 2.24 bits per heavy atom. The maximum atomic E-state index is 12.3. The Bertz CT molecular complexity index is 754. The Balaban J connectivity index is 2.22. The zero-order valence-electron chi connectivity index (χ0n) is 13.9. The van der Waals surface area contributed by atoms with Gasteiger partial charge in [0.2, 0.25) is 0 Å². The van der Waals surface area contributed by atoms with E-state index < -0.39 is 18.0 Å². The van der Waals surface area contributed by atoms with Gasteiger partial charge in [0.25, 0.3) is 0 Å². The molecule has 132 valence electrons. The van der Waals surface area contributed by atoms with Gasteiger partial charge < -0.3 is 14.2 Å². The number of carbonyl (C=O) groups excluding carboxylic acids is 3. The Morgan fingerprint density at radius 2 is 1.60 bits per heavy atom. The lowest BCUT2D eigenvalue weighted by atomic mass is 10.2. The van der Waals surface area contributed by atoms with Crippen molar-refractivity contribution >= 4 is 18.0 Å². The summed E-state index contributed by atoms with van der Waals surface area (Å²) in [6.07, 6.45) is -0.901. The first kappa shape index (κ1) is 18.2.